The summed E-state index contributed by atoms with van der Waals surface area (Å²) in [4.78, 5) is 21.1. The van der Waals surface area contributed by atoms with Crippen molar-refractivity contribution in [3.63, 3.8) is 0 Å². The fourth-order valence-corrected chi connectivity index (χ4v) is 2.86. The Labute approximate surface area is 99.1 Å². The second-order valence-electron chi connectivity index (χ2n) is 3.46. The summed E-state index contributed by atoms with van der Waals surface area (Å²) < 4.78 is 51.2. The molecule has 0 fully saturated rings. The highest BCUT2D eigenvalue weighted by molar-refractivity contribution is 8.06. The largest absolute Gasteiger partial charge is 0.345 e. The SMILES string of the molecule is CC(=O)OS(=O)(=O)C(C)(C)S(=O)(=O)OC(C)=O. The molecule has 0 atom stereocenters. The zero-order valence-corrected chi connectivity index (χ0v) is 11.2. The van der Waals surface area contributed by atoms with Crippen molar-refractivity contribution in [3.8, 4) is 0 Å². The maximum atomic E-state index is 11.5. The third kappa shape index (κ3) is 3.40. The van der Waals surface area contributed by atoms with Gasteiger partial charge in [0.1, 0.15) is 0 Å². The van der Waals surface area contributed by atoms with E-state index in [9.17, 15) is 26.4 Å². The molecule has 0 aliphatic heterocycles. The lowest BCUT2D eigenvalue weighted by Gasteiger charge is -2.21. The predicted octanol–water partition coefficient (Wildman–Crippen LogP) is -0.492. The number of hydrogen-bond acceptors (Lipinski definition) is 8. The molecule has 0 aliphatic carbocycles. The smallest absolute Gasteiger partial charge is 0.335 e. The third-order valence-electron chi connectivity index (χ3n) is 1.66. The summed E-state index contributed by atoms with van der Waals surface area (Å²) in [5.41, 5.74) is 0. The summed E-state index contributed by atoms with van der Waals surface area (Å²) in [6.07, 6.45) is 0. The number of rotatable bonds is 4. The molecule has 100 valence electrons. The van der Waals surface area contributed by atoms with Gasteiger partial charge in [-0.05, 0) is 13.8 Å². The molecule has 0 N–H and O–H groups in total. The summed E-state index contributed by atoms with van der Waals surface area (Å²) in [6.45, 7) is 3.07. The van der Waals surface area contributed by atoms with E-state index in [-0.39, 0.29) is 0 Å². The molecule has 0 heterocycles. The minimum absolute atomic E-state index is 0.740. The molecule has 0 bridgehead atoms. The van der Waals surface area contributed by atoms with Crippen LogP contribution in [0.15, 0.2) is 0 Å². The molecule has 0 aromatic rings. The van der Waals surface area contributed by atoms with Crippen molar-refractivity contribution >= 4 is 32.2 Å². The highest BCUT2D eigenvalue weighted by Crippen LogP contribution is 2.27. The molecule has 10 heteroatoms. The van der Waals surface area contributed by atoms with E-state index in [1.165, 1.54) is 0 Å². The first-order chi connectivity index (χ1) is 7.33. The van der Waals surface area contributed by atoms with Crippen LogP contribution in [0.2, 0.25) is 0 Å². The maximum absolute atomic E-state index is 11.5. The zero-order chi connectivity index (χ0) is 14.1. The Balaban J connectivity index is 5.56. The van der Waals surface area contributed by atoms with Crippen LogP contribution < -0.4 is 0 Å². The van der Waals surface area contributed by atoms with Crippen LogP contribution in [0.5, 0.6) is 0 Å². The molecule has 0 radical (unpaired) electrons. The maximum Gasteiger partial charge on any atom is 0.335 e. The normalized spacial score (nSPS) is 12.9. The molecular weight excluding hydrogens is 276 g/mol. The Bertz CT molecular complexity index is 476. The lowest BCUT2D eigenvalue weighted by molar-refractivity contribution is -0.132. The van der Waals surface area contributed by atoms with Crippen LogP contribution in [0.4, 0.5) is 0 Å². The Morgan fingerprint density at radius 1 is 0.824 bits per heavy atom. The Morgan fingerprint density at radius 3 is 1.24 bits per heavy atom. The summed E-state index contributed by atoms with van der Waals surface area (Å²) in [5, 5.41) is 0. The highest BCUT2D eigenvalue weighted by atomic mass is 32.3. The fourth-order valence-electron chi connectivity index (χ4n) is 0.635. The Morgan fingerprint density at radius 2 is 1.06 bits per heavy atom. The topological polar surface area (TPSA) is 121 Å². The van der Waals surface area contributed by atoms with E-state index < -0.39 is 36.3 Å². The number of carbonyl (C=O) groups excluding carboxylic acids is 2. The lowest BCUT2D eigenvalue weighted by Crippen LogP contribution is -2.43. The van der Waals surface area contributed by atoms with E-state index >= 15 is 0 Å². The Hall–Kier alpha value is -1.16. The van der Waals surface area contributed by atoms with Gasteiger partial charge in [-0.25, -0.2) is 0 Å². The molecule has 0 unspecified atom stereocenters. The van der Waals surface area contributed by atoms with Crippen molar-refractivity contribution in [1.29, 1.82) is 0 Å². The summed E-state index contributed by atoms with van der Waals surface area (Å²) >= 11 is 0. The zero-order valence-electron chi connectivity index (χ0n) is 9.58. The van der Waals surface area contributed by atoms with E-state index in [4.69, 9.17) is 0 Å². The summed E-state index contributed by atoms with van der Waals surface area (Å²) in [5.74, 6) is -2.40. The monoisotopic (exact) mass is 288 g/mol. The van der Waals surface area contributed by atoms with Gasteiger partial charge in [0.15, 0.2) is 0 Å². The third-order valence-corrected chi connectivity index (χ3v) is 6.20. The second kappa shape index (κ2) is 4.61. The van der Waals surface area contributed by atoms with E-state index in [0.717, 1.165) is 27.7 Å². The van der Waals surface area contributed by atoms with Crippen LogP contribution in [-0.4, -0.2) is 32.9 Å². The van der Waals surface area contributed by atoms with Gasteiger partial charge in [0, 0.05) is 13.8 Å². The molecule has 0 rings (SSSR count). The molecular formula is C7H12O8S2. The van der Waals surface area contributed by atoms with Crippen LogP contribution in [0.1, 0.15) is 27.7 Å². The minimum Gasteiger partial charge on any atom is -0.345 e. The quantitative estimate of drug-likeness (QED) is 0.635. The van der Waals surface area contributed by atoms with Crippen LogP contribution in [0.25, 0.3) is 0 Å². The van der Waals surface area contributed by atoms with Crippen molar-refractivity contribution < 1.29 is 34.8 Å². The van der Waals surface area contributed by atoms with Gasteiger partial charge < -0.3 is 8.37 Å². The minimum atomic E-state index is -4.78. The van der Waals surface area contributed by atoms with Crippen molar-refractivity contribution in [2.75, 3.05) is 0 Å². The van der Waals surface area contributed by atoms with Gasteiger partial charge in [-0.2, -0.15) is 16.8 Å². The van der Waals surface area contributed by atoms with Crippen LogP contribution in [-0.2, 0) is 38.2 Å². The van der Waals surface area contributed by atoms with Crippen molar-refractivity contribution in [3.05, 3.63) is 0 Å². The van der Waals surface area contributed by atoms with Crippen molar-refractivity contribution in [2.45, 2.75) is 31.8 Å². The highest BCUT2D eigenvalue weighted by Gasteiger charge is 2.51. The second-order valence-corrected chi connectivity index (χ2v) is 7.91. The van der Waals surface area contributed by atoms with E-state index in [0.29, 0.717) is 0 Å². The van der Waals surface area contributed by atoms with Gasteiger partial charge in [-0.3, -0.25) is 9.59 Å². The standard InChI is InChI=1S/C7H12O8S2/c1-5(8)14-16(10,11)7(3,4)17(12,13)15-6(2)9/h1-4H3. The van der Waals surface area contributed by atoms with E-state index in [1.807, 2.05) is 0 Å². The molecule has 17 heavy (non-hydrogen) atoms. The van der Waals surface area contributed by atoms with E-state index in [2.05, 4.69) is 8.37 Å². The molecule has 0 spiro atoms. The van der Waals surface area contributed by atoms with Gasteiger partial charge in [-0.1, -0.05) is 0 Å². The molecule has 0 saturated heterocycles. The van der Waals surface area contributed by atoms with Gasteiger partial charge >= 0.3 is 32.2 Å². The lowest BCUT2D eigenvalue weighted by atomic mass is 10.5. The summed E-state index contributed by atoms with van der Waals surface area (Å²) in [7, 11) is -9.55. The van der Waals surface area contributed by atoms with Crippen molar-refractivity contribution in [2.24, 2.45) is 0 Å². The first kappa shape index (κ1) is 15.8. The predicted molar refractivity (Wildman–Crippen MR) is 55.5 cm³/mol. The van der Waals surface area contributed by atoms with Crippen LogP contribution in [0.3, 0.4) is 0 Å². The molecule has 0 amide bonds. The van der Waals surface area contributed by atoms with Gasteiger partial charge in [0.25, 0.3) is 0 Å². The van der Waals surface area contributed by atoms with Crippen LogP contribution in [0, 0.1) is 0 Å². The average molecular weight is 288 g/mol. The summed E-state index contributed by atoms with van der Waals surface area (Å²) in [6, 6.07) is 0. The molecule has 0 aromatic carbocycles. The van der Waals surface area contributed by atoms with Gasteiger partial charge in [0.2, 0.25) is 4.08 Å². The van der Waals surface area contributed by atoms with Gasteiger partial charge in [0.05, 0.1) is 0 Å². The molecule has 0 aromatic heterocycles. The van der Waals surface area contributed by atoms with Crippen molar-refractivity contribution in [1.82, 2.24) is 0 Å². The van der Waals surface area contributed by atoms with Crippen LogP contribution >= 0.6 is 0 Å². The van der Waals surface area contributed by atoms with Gasteiger partial charge in [-0.15, -0.1) is 0 Å². The molecule has 0 saturated carbocycles. The Kier molecular flexibility index (Phi) is 4.29. The molecule has 0 aliphatic rings. The number of hydrogen-bond donors (Lipinski definition) is 0. The first-order valence-electron chi connectivity index (χ1n) is 4.22. The average Bonchev–Trinajstić information content (AvgIpc) is 1.97. The molecule has 8 nitrogen and oxygen atoms in total. The first-order valence-corrected chi connectivity index (χ1v) is 7.04. The fraction of sp³-hybridized carbons (Fsp3) is 0.714. The van der Waals surface area contributed by atoms with E-state index in [1.54, 1.807) is 0 Å². The number of carbonyl (C=O) groups is 2.